The number of piperidine rings is 1. The molecule has 0 bridgehead atoms. The predicted molar refractivity (Wildman–Crippen MR) is 110 cm³/mol. The van der Waals surface area contributed by atoms with E-state index < -0.39 is 0 Å². The lowest BCUT2D eigenvalue weighted by Crippen LogP contribution is -2.44. The van der Waals surface area contributed by atoms with E-state index in [0.29, 0.717) is 5.41 Å². The minimum Gasteiger partial charge on any atom is -0.355 e. The molecule has 150 valence electrons. The summed E-state index contributed by atoms with van der Waals surface area (Å²) in [4.78, 5) is 31.3. The topological polar surface area (TPSA) is 72.5 Å². The zero-order valence-electron chi connectivity index (χ0n) is 16.5. The van der Waals surface area contributed by atoms with Gasteiger partial charge in [0.05, 0.1) is 0 Å². The Bertz CT molecular complexity index is 1100. The summed E-state index contributed by atoms with van der Waals surface area (Å²) in [7, 11) is 0. The molecule has 2 aliphatic rings. The van der Waals surface area contributed by atoms with Crippen LogP contribution in [0.5, 0.6) is 0 Å². The second-order valence-electron chi connectivity index (χ2n) is 8.47. The fourth-order valence-electron chi connectivity index (χ4n) is 4.62. The highest BCUT2D eigenvalue weighted by Crippen LogP contribution is 2.49. The largest absolute Gasteiger partial charge is 0.355 e. The molecule has 0 radical (unpaired) electrons. The maximum absolute atomic E-state index is 12.6. The molecule has 0 aromatic carbocycles. The summed E-state index contributed by atoms with van der Waals surface area (Å²) >= 11 is 0. The van der Waals surface area contributed by atoms with Crippen LogP contribution in [-0.4, -0.2) is 38.0 Å². The molecule has 3 aromatic heterocycles. The Kier molecular flexibility index (Phi) is 4.45. The molecule has 7 nitrogen and oxygen atoms in total. The van der Waals surface area contributed by atoms with E-state index in [1.807, 2.05) is 28.9 Å². The van der Waals surface area contributed by atoms with Gasteiger partial charge in [-0.25, -0.2) is 9.67 Å². The van der Waals surface area contributed by atoms with Crippen molar-refractivity contribution in [3.63, 3.8) is 0 Å². The third-order valence-electron chi connectivity index (χ3n) is 6.60. The first-order valence-electron chi connectivity index (χ1n) is 10.4. The summed E-state index contributed by atoms with van der Waals surface area (Å²) < 4.78 is 3.20. The van der Waals surface area contributed by atoms with Crippen LogP contribution in [0.25, 0.3) is 5.65 Å². The zero-order valence-corrected chi connectivity index (χ0v) is 16.5. The van der Waals surface area contributed by atoms with Gasteiger partial charge in [0.25, 0.3) is 5.56 Å². The van der Waals surface area contributed by atoms with Crippen LogP contribution < -0.4 is 10.5 Å². The maximum atomic E-state index is 12.6. The third-order valence-corrected chi connectivity index (χ3v) is 6.60. The molecule has 7 heteroatoms. The molecule has 3 aromatic rings. The van der Waals surface area contributed by atoms with Crippen molar-refractivity contribution in [2.75, 3.05) is 18.0 Å². The molecular formula is C22H25N5O2. The van der Waals surface area contributed by atoms with E-state index in [1.165, 1.54) is 42.9 Å². The second-order valence-corrected chi connectivity index (χ2v) is 8.47. The number of pyridine rings is 1. The normalized spacial score (nSPS) is 18.1. The number of nitrogens with zero attached hydrogens (tertiary/aromatic N) is 5. The Balaban J connectivity index is 1.27. The lowest BCUT2D eigenvalue weighted by Gasteiger charge is -2.48. The summed E-state index contributed by atoms with van der Waals surface area (Å²) in [5.74, 6) is 0.755. The van der Waals surface area contributed by atoms with Crippen molar-refractivity contribution in [1.29, 1.82) is 0 Å². The zero-order chi connectivity index (χ0) is 19.8. The summed E-state index contributed by atoms with van der Waals surface area (Å²) in [5.41, 5.74) is 2.02. The van der Waals surface area contributed by atoms with Gasteiger partial charge in [0.1, 0.15) is 18.0 Å². The van der Waals surface area contributed by atoms with Crippen LogP contribution in [0.3, 0.4) is 0 Å². The average Bonchev–Trinajstić information content (AvgIpc) is 3.16. The van der Waals surface area contributed by atoms with E-state index >= 15 is 0 Å². The van der Waals surface area contributed by atoms with Crippen molar-refractivity contribution in [3.8, 4) is 0 Å². The van der Waals surface area contributed by atoms with Crippen LogP contribution in [-0.2, 0) is 17.8 Å². The van der Waals surface area contributed by atoms with Crippen molar-refractivity contribution in [3.05, 3.63) is 58.8 Å². The van der Waals surface area contributed by atoms with Crippen LogP contribution in [0.4, 0.5) is 5.82 Å². The summed E-state index contributed by atoms with van der Waals surface area (Å²) in [5, 5.41) is 4.50. The van der Waals surface area contributed by atoms with Gasteiger partial charge in [0.15, 0.2) is 5.78 Å². The predicted octanol–water partition coefficient (Wildman–Crippen LogP) is 2.47. The fourth-order valence-corrected chi connectivity index (χ4v) is 4.62. The van der Waals surface area contributed by atoms with Gasteiger partial charge in [-0.1, -0.05) is 6.42 Å². The number of hydrogen-bond donors (Lipinski definition) is 0. The van der Waals surface area contributed by atoms with Gasteiger partial charge in [0, 0.05) is 44.2 Å². The van der Waals surface area contributed by atoms with Gasteiger partial charge in [-0.2, -0.15) is 5.10 Å². The molecule has 4 heterocycles. The molecule has 1 aliphatic carbocycles. The van der Waals surface area contributed by atoms with E-state index in [2.05, 4.69) is 15.0 Å². The molecule has 0 N–H and O–H groups in total. The number of fused-ring (bicyclic) bond motifs is 1. The van der Waals surface area contributed by atoms with Gasteiger partial charge in [-0.05, 0) is 54.9 Å². The van der Waals surface area contributed by atoms with Gasteiger partial charge in [-0.3, -0.25) is 9.59 Å². The standard InChI is InChI=1S/C22H25N5O2/c28-18(14-17-4-10-25-13-9-23-20(25)15-17)16-27-21(29)3-2-19(24-27)26-11-7-22(8-12-26)5-1-6-22/h2-4,9-10,13,15H,1,5-8,11-12,14,16H2. The van der Waals surface area contributed by atoms with Gasteiger partial charge < -0.3 is 9.30 Å². The van der Waals surface area contributed by atoms with Crippen molar-refractivity contribution in [2.45, 2.75) is 45.1 Å². The van der Waals surface area contributed by atoms with Crippen LogP contribution in [0.2, 0.25) is 0 Å². The van der Waals surface area contributed by atoms with Gasteiger partial charge in [0.2, 0.25) is 0 Å². The fraction of sp³-hybridized carbons (Fsp3) is 0.455. The SMILES string of the molecule is O=C(Cc1ccn2ccnc2c1)Cn1nc(N2CCC3(CCC3)CC2)ccc1=O. The van der Waals surface area contributed by atoms with Gasteiger partial charge in [-0.15, -0.1) is 0 Å². The summed E-state index contributed by atoms with van der Waals surface area (Å²) in [6.07, 6.45) is 12.2. The maximum Gasteiger partial charge on any atom is 0.267 e. The number of aromatic nitrogens is 4. The van der Waals surface area contributed by atoms with Gasteiger partial charge >= 0.3 is 0 Å². The van der Waals surface area contributed by atoms with E-state index in [4.69, 9.17) is 0 Å². The van der Waals surface area contributed by atoms with Crippen molar-refractivity contribution < 1.29 is 4.79 Å². The number of carbonyl (C=O) groups is 1. The summed E-state index contributed by atoms with van der Waals surface area (Å²) in [6, 6.07) is 7.12. The smallest absolute Gasteiger partial charge is 0.267 e. The van der Waals surface area contributed by atoms with Crippen LogP contribution >= 0.6 is 0 Å². The number of Topliss-reactive ketones (excluding diaryl/α,β-unsaturated/α-hetero) is 1. The van der Waals surface area contributed by atoms with E-state index in [-0.39, 0.29) is 24.3 Å². The molecular weight excluding hydrogens is 366 g/mol. The van der Waals surface area contributed by atoms with E-state index in [0.717, 1.165) is 30.1 Å². The molecule has 0 atom stereocenters. The lowest BCUT2D eigenvalue weighted by molar-refractivity contribution is -0.119. The molecule has 1 saturated heterocycles. The number of hydrogen-bond acceptors (Lipinski definition) is 5. The highest BCUT2D eigenvalue weighted by atomic mass is 16.1. The minimum absolute atomic E-state index is 0.00985. The number of carbonyl (C=O) groups excluding carboxylic acids is 1. The Hall–Kier alpha value is -2.96. The third kappa shape index (κ3) is 3.57. The first-order valence-corrected chi connectivity index (χ1v) is 10.4. The molecule has 0 amide bonds. The molecule has 2 fully saturated rings. The molecule has 1 aliphatic heterocycles. The number of ketones is 1. The number of rotatable bonds is 5. The monoisotopic (exact) mass is 391 g/mol. The lowest BCUT2D eigenvalue weighted by atomic mass is 9.63. The molecule has 0 unspecified atom stereocenters. The minimum atomic E-state index is -0.238. The first kappa shape index (κ1) is 18.1. The van der Waals surface area contributed by atoms with Crippen LogP contribution in [0.1, 0.15) is 37.7 Å². The average molecular weight is 391 g/mol. The van der Waals surface area contributed by atoms with Crippen molar-refractivity contribution in [1.82, 2.24) is 19.2 Å². The Labute approximate surface area is 169 Å². The Morgan fingerprint density at radius 1 is 1.07 bits per heavy atom. The quantitative estimate of drug-likeness (QED) is 0.668. The summed E-state index contributed by atoms with van der Waals surface area (Å²) in [6.45, 7) is 1.94. The molecule has 5 rings (SSSR count). The van der Waals surface area contributed by atoms with Crippen molar-refractivity contribution >= 4 is 17.2 Å². The molecule has 1 spiro atoms. The first-order chi connectivity index (χ1) is 14.1. The Morgan fingerprint density at radius 3 is 2.66 bits per heavy atom. The van der Waals surface area contributed by atoms with Crippen LogP contribution in [0.15, 0.2) is 47.7 Å². The second kappa shape index (κ2) is 7.13. The highest BCUT2D eigenvalue weighted by Gasteiger charge is 2.39. The molecule has 29 heavy (non-hydrogen) atoms. The number of anilines is 1. The van der Waals surface area contributed by atoms with Crippen molar-refractivity contribution in [2.24, 2.45) is 5.41 Å². The Morgan fingerprint density at radius 2 is 1.90 bits per heavy atom. The molecule has 1 saturated carbocycles. The van der Waals surface area contributed by atoms with Crippen LogP contribution in [0, 0.1) is 5.41 Å². The van der Waals surface area contributed by atoms with E-state index in [9.17, 15) is 9.59 Å². The number of imidazole rings is 1. The highest BCUT2D eigenvalue weighted by molar-refractivity contribution is 5.80. The van der Waals surface area contributed by atoms with E-state index in [1.54, 1.807) is 12.3 Å².